The number of thioether (sulfide) groups is 1. The lowest BCUT2D eigenvalue weighted by molar-refractivity contribution is 0.0310. The predicted molar refractivity (Wildman–Crippen MR) is 72.2 cm³/mol. The molecule has 2 atom stereocenters. The van der Waals surface area contributed by atoms with Crippen molar-refractivity contribution in [2.24, 2.45) is 0 Å². The summed E-state index contributed by atoms with van der Waals surface area (Å²) in [6, 6.07) is 0. The molecule has 1 aliphatic rings. The third kappa shape index (κ3) is 2.41. The first-order chi connectivity index (χ1) is 8.09. The SMILES string of the molecule is COCCn1ncc(Br)c1C1(O)CCSC1C. The van der Waals surface area contributed by atoms with Crippen LogP contribution in [0.3, 0.4) is 0 Å². The van der Waals surface area contributed by atoms with E-state index in [1.807, 2.05) is 4.68 Å². The molecule has 0 aromatic carbocycles. The summed E-state index contributed by atoms with van der Waals surface area (Å²) < 4.78 is 7.79. The van der Waals surface area contributed by atoms with Crippen LogP contribution in [0.1, 0.15) is 19.0 Å². The van der Waals surface area contributed by atoms with Crippen LogP contribution < -0.4 is 0 Å². The minimum absolute atomic E-state index is 0.191. The second kappa shape index (κ2) is 5.30. The van der Waals surface area contributed by atoms with E-state index in [4.69, 9.17) is 4.74 Å². The average molecular weight is 321 g/mol. The lowest BCUT2D eigenvalue weighted by atomic mass is 9.93. The monoisotopic (exact) mass is 320 g/mol. The highest BCUT2D eigenvalue weighted by Crippen LogP contribution is 2.45. The zero-order chi connectivity index (χ0) is 12.5. The van der Waals surface area contributed by atoms with Gasteiger partial charge in [0.15, 0.2) is 0 Å². The second-order valence-corrected chi connectivity index (χ2v) is 6.55. The van der Waals surface area contributed by atoms with Crippen LogP contribution in [0.4, 0.5) is 0 Å². The highest BCUT2D eigenvalue weighted by atomic mass is 79.9. The third-order valence-corrected chi connectivity index (χ3v) is 5.15. The highest BCUT2D eigenvalue weighted by molar-refractivity contribution is 9.10. The van der Waals surface area contributed by atoms with Crippen LogP contribution in [0.25, 0.3) is 0 Å². The van der Waals surface area contributed by atoms with Gasteiger partial charge in [-0.15, -0.1) is 0 Å². The normalized spacial score (nSPS) is 28.8. The van der Waals surface area contributed by atoms with E-state index < -0.39 is 5.60 Å². The van der Waals surface area contributed by atoms with Crippen molar-refractivity contribution in [3.05, 3.63) is 16.4 Å². The van der Waals surface area contributed by atoms with E-state index in [0.717, 1.165) is 22.3 Å². The Bertz CT molecular complexity index is 399. The van der Waals surface area contributed by atoms with Gasteiger partial charge in [0.25, 0.3) is 0 Å². The van der Waals surface area contributed by atoms with E-state index in [0.29, 0.717) is 13.2 Å². The van der Waals surface area contributed by atoms with E-state index in [1.165, 1.54) is 0 Å². The summed E-state index contributed by atoms with van der Waals surface area (Å²) in [5.41, 5.74) is 0.0975. The van der Waals surface area contributed by atoms with Crippen molar-refractivity contribution in [1.29, 1.82) is 0 Å². The standard InChI is InChI=1S/C11H17BrN2O2S/c1-8-11(15,3-6-17-8)10-9(12)7-13-14(10)4-5-16-2/h7-8,15H,3-6H2,1-2H3. The fourth-order valence-electron chi connectivity index (χ4n) is 2.18. The van der Waals surface area contributed by atoms with Crippen LogP contribution in [-0.2, 0) is 16.9 Å². The quantitative estimate of drug-likeness (QED) is 0.921. The maximum absolute atomic E-state index is 10.8. The summed E-state index contributed by atoms with van der Waals surface area (Å²) in [6.45, 7) is 3.33. The maximum atomic E-state index is 10.8. The van der Waals surface area contributed by atoms with Gasteiger partial charge in [0.2, 0.25) is 0 Å². The van der Waals surface area contributed by atoms with Crippen LogP contribution in [0.5, 0.6) is 0 Å². The zero-order valence-corrected chi connectivity index (χ0v) is 12.4. The molecule has 2 rings (SSSR count). The minimum atomic E-state index is -0.784. The molecule has 2 unspecified atom stereocenters. The molecule has 0 radical (unpaired) electrons. The fraction of sp³-hybridized carbons (Fsp3) is 0.727. The van der Waals surface area contributed by atoms with Gasteiger partial charge in [-0.05, 0) is 28.1 Å². The van der Waals surface area contributed by atoms with E-state index in [-0.39, 0.29) is 5.25 Å². The first-order valence-corrected chi connectivity index (χ1v) is 7.48. The smallest absolute Gasteiger partial charge is 0.120 e. The van der Waals surface area contributed by atoms with Gasteiger partial charge >= 0.3 is 0 Å². The van der Waals surface area contributed by atoms with Gasteiger partial charge in [-0.2, -0.15) is 16.9 Å². The van der Waals surface area contributed by atoms with Crippen LogP contribution in [0.15, 0.2) is 10.7 Å². The van der Waals surface area contributed by atoms with Crippen LogP contribution >= 0.6 is 27.7 Å². The molecule has 4 nitrogen and oxygen atoms in total. The molecule has 1 saturated heterocycles. The summed E-state index contributed by atoms with van der Waals surface area (Å²) in [4.78, 5) is 0. The summed E-state index contributed by atoms with van der Waals surface area (Å²) in [6.07, 6.45) is 2.52. The Kier molecular flexibility index (Phi) is 4.18. The van der Waals surface area contributed by atoms with Crippen LogP contribution in [-0.4, -0.2) is 39.6 Å². The van der Waals surface area contributed by atoms with Crippen molar-refractivity contribution in [3.8, 4) is 0 Å². The molecule has 0 saturated carbocycles. The number of nitrogens with zero attached hydrogens (tertiary/aromatic N) is 2. The van der Waals surface area contributed by atoms with E-state index >= 15 is 0 Å². The molecule has 1 aromatic rings. The molecule has 0 aliphatic carbocycles. The molecule has 1 N–H and O–H groups in total. The molecule has 0 bridgehead atoms. The molecular formula is C11H17BrN2O2S. The largest absolute Gasteiger partial charge is 0.383 e. The van der Waals surface area contributed by atoms with E-state index in [2.05, 4.69) is 28.0 Å². The Labute approximate surface area is 114 Å². The minimum Gasteiger partial charge on any atom is -0.383 e. The lowest BCUT2D eigenvalue weighted by Gasteiger charge is -2.28. The Morgan fingerprint density at radius 1 is 1.76 bits per heavy atom. The van der Waals surface area contributed by atoms with Gasteiger partial charge < -0.3 is 9.84 Å². The number of hydrogen-bond donors (Lipinski definition) is 1. The molecule has 0 amide bonds. The van der Waals surface area contributed by atoms with Gasteiger partial charge in [-0.1, -0.05) is 6.92 Å². The fourth-order valence-corrected chi connectivity index (χ4v) is 4.11. The lowest BCUT2D eigenvalue weighted by Crippen LogP contribution is -2.35. The Morgan fingerprint density at radius 2 is 2.53 bits per heavy atom. The van der Waals surface area contributed by atoms with Gasteiger partial charge in [-0.25, -0.2) is 0 Å². The molecule has 17 heavy (non-hydrogen) atoms. The summed E-state index contributed by atoms with van der Waals surface area (Å²) >= 11 is 5.29. The number of halogens is 1. The molecule has 2 heterocycles. The summed E-state index contributed by atoms with van der Waals surface area (Å²) in [5, 5.41) is 15.3. The van der Waals surface area contributed by atoms with Crippen molar-refractivity contribution in [2.45, 2.75) is 30.7 Å². The van der Waals surface area contributed by atoms with Crippen molar-refractivity contribution in [3.63, 3.8) is 0 Å². The molecule has 1 aliphatic heterocycles. The van der Waals surface area contributed by atoms with Crippen molar-refractivity contribution < 1.29 is 9.84 Å². The van der Waals surface area contributed by atoms with Crippen molar-refractivity contribution in [1.82, 2.24) is 9.78 Å². The Balaban J connectivity index is 2.33. The Morgan fingerprint density at radius 3 is 3.12 bits per heavy atom. The van der Waals surface area contributed by atoms with Crippen LogP contribution in [0, 0.1) is 0 Å². The van der Waals surface area contributed by atoms with Crippen molar-refractivity contribution >= 4 is 27.7 Å². The number of aromatic nitrogens is 2. The first kappa shape index (κ1) is 13.4. The zero-order valence-electron chi connectivity index (χ0n) is 10.0. The van der Waals surface area contributed by atoms with E-state index in [1.54, 1.807) is 25.1 Å². The third-order valence-electron chi connectivity index (χ3n) is 3.24. The second-order valence-electron chi connectivity index (χ2n) is 4.24. The first-order valence-electron chi connectivity index (χ1n) is 5.64. The molecule has 1 fully saturated rings. The van der Waals surface area contributed by atoms with E-state index in [9.17, 15) is 5.11 Å². The number of ether oxygens (including phenoxy) is 1. The van der Waals surface area contributed by atoms with Crippen LogP contribution in [0.2, 0.25) is 0 Å². The van der Waals surface area contributed by atoms with Gasteiger partial charge in [0.05, 0.1) is 29.5 Å². The molecule has 1 aromatic heterocycles. The maximum Gasteiger partial charge on any atom is 0.120 e. The average Bonchev–Trinajstić information content (AvgIpc) is 2.82. The topological polar surface area (TPSA) is 47.3 Å². The van der Waals surface area contributed by atoms with Gasteiger partial charge in [0.1, 0.15) is 5.60 Å². The summed E-state index contributed by atoms with van der Waals surface area (Å²) in [5.74, 6) is 0.986. The van der Waals surface area contributed by atoms with Gasteiger partial charge in [-0.3, -0.25) is 4.68 Å². The number of aliphatic hydroxyl groups is 1. The number of hydrogen-bond acceptors (Lipinski definition) is 4. The molecule has 96 valence electrons. The van der Waals surface area contributed by atoms with Gasteiger partial charge in [0, 0.05) is 12.4 Å². The molecular weight excluding hydrogens is 304 g/mol. The number of methoxy groups -OCH3 is 1. The van der Waals surface area contributed by atoms with Crippen molar-refractivity contribution in [2.75, 3.05) is 19.5 Å². The Hall–Kier alpha value is -0.0400. The molecule has 6 heteroatoms. The molecule has 0 spiro atoms. The summed E-state index contributed by atoms with van der Waals surface area (Å²) in [7, 11) is 1.67. The number of rotatable bonds is 4. The predicted octanol–water partition coefficient (Wildman–Crippen LogP) is 2.00. The highest BCUT2D eigenvalue weighted by Gasteiger charge is 2.44.